The van der Waals surface area contributed by atoms with Crippen LogP contribution in [0.1, 0.15) is 43.3 Å². The first-order chi connectivity index (χ1) is 10.0. The minimum absolute atomic E-state index is 0.410. The number of nitrogens with zero attached hydrogens (tertiary/aromatic N) is 3. The number of thiazole rings is 1. The molecule has 21 heavy (non-hydrogen) atoms. The largest absolute Gasteiger partial charge is 0.348 e. The van der Waals surface area contributed by atoms with Crippen molar-refractivity contribution in [2.45, 2.75) is 39.7 Å². The third-order valence-corrected chi connectivity index (χ3v) is 5.63. The Morgan fingerprint density at radius 3 is 2.62 bits per heavy atom. The van der Waals surface area contributed by atoms with Crippen molar-refractivity contribution < 1.29 is 0 Å². The minimum Gasteiger partial charge on any atom is -0.348 e. The van der Waals surface area contributed by atoms with Crippen LogP contribution in [0.3, 0.4) is 0 Å². The van der Waals surface area contributed by atoms with Crippen LogP contribution >= 0.6 is 11.3 Å². The highest BCUT2D eigenvalue weighted by Crippen LogP contribution is 2.32. The van der Waals surface area contributed by atoms with Crippen LogP contribution in [-0.2, 0) is 0 Å². The van der Waals surface area contributed by atoms with Gasteiger partial charge in [0.05, 0.1) is 5.69 Å². The lowest BCUT2D eigenvalue weighted by molar-refractivity contribution is 0.285. The van der Waals surface area contributed by atoms with E-state index in [-0.39, 0.29) is 0 Å². The average molecular weight is 311 g/mol. The molecule has 0 saturated carbocycles. The van der Waals surface area contributed by atoms with E-state index in [1.165, 1.54) is 35.1 Å². The summed E-state index contributed by atoms with van der Waals surface area (Å²) in [5.74, 6) is 0.845. The molecule has 0 bridgehead atoms. The summed E-state index contributed by atoms with van der Waals surface area (Å²) in [5.41, 5.74) is 1.19. The van der Waals surface area contributed by atoms with Crippen molar-refractivity contribution in [3.63, 3.8) is 0 Å². The van der Waals surface area contributed by atoms with E-state index in [4.69, 9.17) is 4.98 Å². The van der Waals surface area contributed by atoms with E-state index in [1.54, 1.807) is 0 Å². The number of aromatic nitrogens is 1. The topological polar surface area (TPSA) is 31.4 Å². The van der Waals surface area contributed by atoms with E-state index in [0.29, 0.717) is 6.04 Å². The van der Waals surface area contributed by atoms with Gasteiger partial charge in [-0.1, -0.05) is 6.92 Å². The van der Waals surface area contributed by atoms with Crippen LogP contribution in [0.25, 0.3) is 0 Å². The molecular weight excluding hydrogens is 280 g/mol. The number of piperidine rings is 1. The molecule has 1 saturated heterocycles. The molecule has 1 atom stereocenters. The molecule has 1 unspecified atom stereocenters. The van der Waals surface area contributed by atoms with Crippen LogP contribution in [0.15, 0.2) is 0 Å². The van der Waals surface area contributed by atoms with Crippen molar-refractivity contribution in [3.05, 3.63) is 10.6 Å². The fourth-order valence-corrected chi connectivity index (χ4v) is 4.30. The molecule has 4 nitrogen and oxygen atoms in total. The van der Waals surface area contributed by atoms with Crippen LogP contribution in [0.5, 0.6) is 0 Å². The lowest BCUT2D eigenvalue weighted by atomic mass is 9.97. The maximum absolute atomic E-state index is 4.82. The predicted molar refractivity (Wildman–Crippen MR) is 92.4 cm³/mol. The highest BCUT2D eigenvalue weighted by Gasteiger charge is 2.23. The molecule has 1 aromatic rings. The van der Waals surface area contributed by atoms with Crippen molar-refractivity contribution >= 4 is 16.5 Å². The second kappa shape index (κ2) is 7.56. The summed E-state index contributed by atoms with van der Waals surface area (Å²) < 4.78 is 0. The van der Waals surface area contributed by atoms with Gasteiger partial charge in [0.1, 0.15) is 0 Å². The Labute approximate surface area is 133 Å². The number of aryl methyl sites for hydroxylation is 1. The first kappa shape index (κ1) is 16.7. The molecule has 1 aromatic heterocycles. The van der Waals surface area contributed by atoms with Gasteiger partial charge in [-0.05, 0) is 53.2 Å². The third-order valence-electron chi connectivity index (χ3n) is 4.23. The molecule has 0 amide bonds. The van der Waals surface area contributed by atoms with Gasteiger partial charge in [-0.25, -0.2) is 4.98 Å². The molecule has 0 aromatic carbocycles. The van der Waals surface area contributed by atoms with E-state index < -0.39 is 0 Å². The quantitative estimate of drug-likeness (QED) is 0.875. The molecule has 2 heterocycles. The summed E-state index contributed by atoms with van der Waals surface area (Å²) in [4.78, 5) is 11.0. The van der Waals surface area contributed by atoms with Gasteiger partial charge in [-0.15, -0.1) is 11.3 Å². The molecule has 5 heteroatoms. The van der Waals surface area contributed by atoms with E-state index >= 15 is 0 Å². The lowest BCUT2D eigenvalue weighted by Gasteiger charge is -2.33. The van der Waals surface area contributed by atoms with Gasteiger partial charge in [0, 0.05) is 30.6 Å². The molecule has 1 fully saturated rings. The van der Waals surface area contributed by atoms with Gasteiger partial charge in [0.25, 0.3) is 0 Å². The zero-order chi connectivity index (χ0) is 15.4. The maximum Gasteiger partial charge on any atom is 0.185 e. The zero-order valence-corrected chi connectivity index (χ0v) is 15.0. The summed E-state index contributed by atoms with van der Waals surface area (Å²) in [7, 11) is 4.34. The van der Waals surface area contributed by atoms with Gasteiger partial charge in [0.15, 0.2) is 5.13 Å². The smallest absolute Gasteiger partial charge is 0.185 e. The Morgan fingerprint density at radius 1 is 1.38 bits per heavy atom. The SMILES string of the molecule is CCNC(C)c1sc(N2CCC(CN(C)C)CC2)nc1C. The number of anilines is 1. The molecule has 1 aliphatic heterocycles. The Morgan fingerprint density at radius 2 is 2.05 bits per heavy atom. The highest BCUT2D eigenvalue weighted by molar-refractivity contribution is 7.15. The van der Waals surface area contributed by atoms with Crippen LogP contribution in [0, 0.1) is 12.8 Å². The average Bonchev–Trinajstić information content (AvgIpc) is 2.81. The Balaban J connectivity index is 1.96. The zero-order valence-electron chi connectivity index (χ0n) is 14.1. The minimum atomic E-state index is 0.410. The highest BCUT2D eigenvalue weighted by atomic mass is 32.1. The molecule has 1 N–H and O–H groups in total. The second-order valence-corrected chi connectivity index (χ2v) is 7.43. The first-order valence-corrected chi connectivity index (χ1v) is 8.93. The van der Waals surface area contributed by atoms with Gasteiger partial charge in [0.2, 0.25) is 0 Å². The van der Waals surface area contributed by atoms with E-state index in [0.717, 1.165) is 25.6 Å². The summed E-state index contributed by atoms with van der Waals surface area (Å²) in [6.07, 6.45) is 2.57. The number of rotatable bonds is 6. The number of hydrogen-bond acceptors (Lipinski definition) is 5. The van der Waals surface area contributed by atoms with E-state index in [2.05, 4.69) is 50.0 Å². The van der Waals surface area contributed by atoms with Crippen LogP contribution in [-0.4, -0.2) is 50.2 Å². The van der Waals surface area contributed by atoms with Crippen molar-refractivity contribution in [1.29, 1.82) is 0 Å². The Kier molecular flexibility index (Phi) is 6.02. The molecule has 2 rings (SSSR count). The molecular formula is C16H30N4S. The fraction of sp³-hybridized carbons (Fsp3) is 0.812. The lowest BCUT2D eigenvalue weighted by Crippen LogP contribution is -2.37. The van der Waals surface area contributed by atoms with Crippen molar-refractivity contribution in [3.8, 4) is 0 Å². The van der Waals surface area contributed by atoms with Crippen LogP contribution in [0.4, 0.5) is 5.13 Å². The molecule has 0 aliphatic carbocycles. The van der Waals surface area contributed by atoms with Crippen molar-refractivity contribution in [2.75, 3.05) is 45.2 Å². The first-order valence-electron chi connectivity index (χ1n) is 8.11. The van der Waals surface area contributed by atoms with Gasteiger partial charge in [-0.3, -0.25) is 0 Å². The van der Waals surface area contributed by atoms with Gasteiger partial charge >= 0.3 is 0 Å². The van der Waals surface area contributed by atoms with Crippen LogP contribution < -0.4 is 10.2 Å². The fourth-order valence-electron chi connectivity index (χ4n) is 3.15. The molecule has 0 spiro atoms. The maximum atomic E-state index is 4.82. The third kappa shape index (κ3) is 4.41. The van der Waals surface area contributed by atoms with Crippen LogP contribution in [0.2, 0.25) is 0 Å². The molecule has 0 radical (unpaired) electrons. The normalized spacial score (nSPS) is 18.5. The summed E-state index contributed by atoms with van der Waals surface area (Å²) in [6, 6.07) is 0.410. The molecule has 120 valence electrons. The molecule has 1 aliphatic rings. The van der Waals surface area contributed by atoms with Gasteiger partial charge < -0.3 is 15.1 Å². The number of hydrogen-bond donors (Lipinski definition) is 1. The Hall–Kier alpha value is -0.650. The van der Waals surface area contributed by atoms with E-state index in [1.807, 2.05) is 11.3 Å². The van der Waals surface area contributed by atoms with Crippen molar-refractivity contribution in [2.24, 2.45) is 5.92 Å². The second-order valence-electron chi connectivity index (χ2n) is 6.42. The van der Waals surface area contributed by atoms with Gasteiger partial charge in [-0.2, -0.15) is 0 Å². The summed E-state index contributed by atoms with van der Waals surface area (Å²) >= 11 is 1.87. The number of nitrogens with one attached hydrogen (secondary N) is 1. The van der Waals surface area contributed by atoms with E-state index in [9.17, 15) is 0 Å². The standard InChI is InChI=1S/C16H30N4S/c1-6-17-12(2)15-13(3)18-16(21-15)20-9-7-14(8-10-20)11-19(4)5/h12,14,17H,6-11H2,1-5H3. The van der Waals surface area contributed by atoms with Crippen molar-refractivity contribution in [1.82, 2.24) is 15.2 Å². The predicted octanol–water partition coefficient (Wildman–Crippen LogP) is 2.90. The summed E-state index contributed by atoms with van der Waals surface area (Å²) in [5, 5.41) is 4.71. The monoisotopic (exact) mass is 310 g/mol. The summed E-state index contributed by atoms with van der Waals surface area (Å²) in [6.45, 7) is 11.1. The Bertz CT molecular complexity index is 435.